The van der Waals surface area contributed by atoms with Gasteiger partial charge in [-0.3, -0.25) is 0 Å². The molecule has 3 heteroatoms. The Morgan fingerprint density at radius 2 is 2.67 bits per heavy atom. The van der Waals surface area contributed by atoms with Gasteiger partial charge in [-0.25, -0.2) is 0 Å². The molecular weight excluding hydrogens is 82.0 g/mol. The molecule has 1 rings (SSSR count). The van der Waals surface area contributed by atoms with E-state index in [9.17, 15) is 0 Å². The van der Waals surface area contributed by atoms with Crippen LogP contribution in [0, 0.1) is 0 Å². The first kappa shape index (κ1) is 3.61. The van der Waals surface area contributed by atoms with Crippen molar-refractivity contribution >= 4 is 6.21 Å². The van der Waals surface area contributed by atoms with Crippen molar-refractivity contribution in [2.75, 3.05) is 6.61 Å². The maximum Gasteiger partial charge on any atom is 0.119 e. The Hall–Kier alpha value is -0.570. The van der Waals surface area contributed by atoms with E-state index in [1.807, 2.05) is 0 Å². The second-order valence-corrected chi connectivity index (χ2v) is 1.14. The van der Waals surface area contributed by atoms with Crippen molar-refractivity contribution in [3.63, 3.8) is 0 Å². The predicted octanol–water partition coefficient (Wildman–Crippen LogP) is -0.155. The number of hydrogen-bond acceptors (Lipinski definition) is 3. The molecule has 0 amide bonds. The first-order valence-corrected chi connectivity index (χ1v) is 1.72. The Morgan fingerprint density at radius 3 is 2.83 bits per heavy atom. The van der Waals surface area contributed by atoms with E-state index in [0.29, 0.717) is 6.61 Å². The summed E-state index contributed by atoms with van der Waals surface area (Å²) in [5.74, 6) is 0. The fourth-order valence-corrected chi connectivity index (χ4v) is 0.216. The zero-order valence-electron chi connectivity index (χ0n) is 3.16. The Morgan fingerprint density at radius 1 is 2.00 bits per heavy atom. The van der Waals surface area contributed by atoms with Crippen molar-refractivity contribution in [2.45, 2.75) is 6.10 Å². The number of oxime groups is 1. The molecule has 0 bridgehead atoms. The molecule has 1 N–H and O–H groups in total. The van der Waals surface area contributed by atoms with Gasteiger partial charge in [0.05, 0.1) is 12.8 Å². The molecule has 1 aliphatic heterocycles. The van der Waals surface area contributed by atoms with E-state index in [1.54, 1.807) is 0 Å². The van der Waals surface area contributed by atoms with E-state index < -0.39 is 0 Å². The normalized spacial score (nSPS) is 31.7. The highest BCUT2D eigenvalue weighted by molar-refractivity contribution is 5.64. The summed E-state index contributed by atoms with van der Waals surface area (Å²) in [5, 5.41) is 10.5. The lowest BCUT2D eigenvalue weighted by Crippen LogP contribution is -1.81. The van der Waals surface area contributed by atoms with E-state index in [1.165, 1.54) is 6.21 Å². The first-order valence-electron chi connectivity index (χ1n) is 1.72. The standard InChI is InChI=1S/C3H5NO2/c5-4-1-3-2-6-3/h1,3,5H,2H2. The van der Waals surface area contributed by atoms with E-state index in [2.05, 4.69) is 9.89 Å². The van der Waals surface area contributed by atoms with Crippen LogP contribution in [0.5, 0.6) is 0 Å². The van der Waals surface area contributed by atoms with E-state index in [-0.39, 0.29) is 6.10 Å². The largest absolute Gasteiger partial charge is 0.411 e. The van der Waals surface area contributed by atoms with Crippen LogP contribution >= 0.6 is 0 Å². The molecule has 0 radical (unpaired) electrons. The third-order valence-corrected chi connectivity index (χ3v) is 0.592. The van der Waals surface area contributed by atoms with Gasteiger partial charge in [-0.1, -0.05) is 5.16 Å². The Labute approximate surface area is 35.2 Å². The highest BCUT2D eigenvalue weighted by Crippen LogP contribution is 2.03. The van der Waals surface area contributed by atoms with Crippen LogP contribution in [-0.4, -0.2) is 24.1 Å². The van der Waals surface area contributed by atoms with Crippen LogP contribution < -0.4 is 0 Å². The molecule has 1 heterocycles. The van der Waals surface area contributed by atoms with Gasteiger partial charge in [-0.15, -0.1) is 0 Å². The summed E-state index contributed by atoms with van der Waals surface area (Å²) in [6.07, 6.45) is 1.47. The quantitative estimate of drug-likeness (QED) is 0.209. The number of nitrogens with zero attached hydrogens (tertiary/aromatic N) is 1. The van der Waals surface area contributed by atoms with E-state index in [0.717, 1.165) is 0 Å². The van der Waals surface area contributed by atoms with Gasteiger partial charge in [0.15, 0.2) is 0 Å². The molecule has 1 atom stereocenters. The number of epoxide rings is 1. The van der Waals surface area contributed by atoms with Gasteiger partial charge in [-0.2, -0.15) is 0 Å². The van der Waals surface area contributed by atoms with Crippen LogP contribution in [0.1, 0.15) is 0 Å². The van der Waals surface area contributed by atoms with Crippen LogP contribution in [0.15, 0.2) is 5.16 Å². The summed E-state index contributed by atoms with van der Waals surface area (Å²) in [4.78, 5) is 0. The molecule has 3 nitrogen and oxygen atoms in total. The molecule has 0 spiro atoms. The van der Waals surface area contributed by atoms with Crippen LogP contribution in [0.25, 0.3) is 0 Å². The number of rotatable bonds is 1. The summed E-state index contributed by atoms with van der Waals surface area (Å²) in [5.41, 5.74) is 0. The molecule has 1 saturated heterocycles. The maximum absolute atomic E-state index is 7.77. The van der Waals surface area contributed by atoms with Crippen molar-refractivity contribution in [3.05, 3.63) is 0 Å². The lowest BCUT2D eigenvalue weighted by atomic mass is 10.5. The summed E-state index contributed by atoms with van der Waals surface area (Å²) < 4.78 is 4.64. The Kier molecular flexibility index (Phi) is 0.759. The maximum atomic E-state index is 7.77. The van der Waals surface area contributed by atoms with Crippen LogP contribution in [-0.2, 0) is 4.74 Å². The zero-order chi connectivity index (χ0) is 4.41. The molecule has 1 unspecified atom stereocenters. The minimum Gasteiger partial charge on any atom is -0.411 e. The molecule has 6 heavy (non-hydrogen) atoms. The molecule has 1 fully saturated rings. The van der Waals surface area contributed by atoms with Gasteiger partial charge >= 0.3 is 0 Å². The molecule has 0 saturated carbocycles. The van der Waals surface area contributed by atoms with Gasteiger partial charge in [-0.05, 0) is 0 Å². The minimum absolute atomic E-state index is 0.106. The molecule has 0 aromatic carbocycles. The number of hydrogen-bond donors (Lipinski definition) is 1. The van der Waals surface area contributed by atoms with Crippen molar-refractivity contribution in [2.24, 2.45) is 5.16 Å². The van der Waals surface area contributed by atoms with E-state index >= 15 is 0 Å². The van der Waals surface area contributed by atoms with Crippen LogP contribution in [0.4, 0.5) is 0 Å². The third kappa shape index (κ3) is 0.687. The molecule has 0 aromatic rings. The smallest absolute Gasteiger partial charge is 0.119 e. The van der Waals surface area contributed by atoms with Crippen LogP contribution in [0.3, 0.4) is 0 Å². The fourth-order valence-electron chi connectivity index (χ4n) is 0.216. The third-order valence-electron chi connectivity index (χ3n) is 0.592. The second kappa shape index (κ2) is 1.26. The van der Waals surface area contributed by atoms with E-state index in [4.69, 9.17) is 5.21 Å². The SMILES string of the molecule is ON=CC1CO1. The van der Waals surface area contributed by atoms with Crippen molar-refractivity contribution in [3.8, 4) is 0 Å². The first-order chi connectivity index (χ1) is 2.93. The number of ether oxygens (including phenoxy) is 1. The van der Waals surface area contributed by atoms with Gasteiger partial charge in [0.2, 0.25) is 0 Å². The lowest BCUT2D eigenvalue weighted by molar-refractivity contribution is 0.318. The summed E-state index contributed by atoms with van der Waals surface area (Å²) >= 11 is 0. The lowest BCUT2D eigenvalue weighted by Gasteiger charge is -1.65. The molecule has 34 valence electrons. The van der Waals surface area contributed by atoms with Gasteiger partial charge in [0.1, 0.15) is 6.10 Å². The Balaban J connectivity index is 2.15. The van der Waals surface area contributed by atoms with Crippen molar-refractivity contribution in [1.29, 1.82) is 0 Å². The topological polar surface area (TPSA) is 45.1 Å². The highest BCUT2D eigenvalue weighted by atomic mass is 16.6. The molecule has 0 aliphatic carbocycles. The average molecular weight is 87.1 g/mol. The molecule has 0 aromatic heterocycles. The minimum atomic E-state index is 0.106. The summed E-state index contributed by atoms with van der Waals surface area (Å²) in [6.45, 7) is 0.712. The van der Waals surface area contributed by atoms with Crippen molar-refractivity contribution < 1.29 is 9.94 Å². The summed E-state index contributed by atoms with van der Waals surface area (Å²) in [6, 6.07) is 0. The zero-order valence-corrected chi connectivity index (χ0v) is 3.16. The Bertz CT molecular complexity index is 67.2. The van der Waals surface area contributed by atoms with Gasteiger partial charge in [0, 0.05) is 0 Å². The predicted molar refractivity (Wildman–Crippen MR) is 20.0 cm³/mol. The van der Waals surface area contributed by atoms with Gasteiger partial charge in [0.25, 0.3) is 0 Å². The highest BCUT2D eigenvalue weighted by Gasteiger charge is 2.19. The average Bonchev–Trinajstić information content (AvgIpc) is 2.21. The summed E-state index contributed by atoms with van der Waals surface area (Å²) in [7, 11) is 0. The second-order valence-electron chi connectivity index (χ2n) is 1.14. The fraction of sp³-hybridized carbons (Fsp3) is 0.667. The monoisotopic (exact) mass is 87.0 g/mol. The van der Waals surface area contributed by atoms with Gasteiger partial charge < -0.3 is 9.94 Å². The van der Waals surface area contributed by atoms with Crippen LogP contribution in [0.2, 0.25) is 0 Å². The molecular formula is C3H5NO2. The molecule has 1 aliphatic rings. The van der Waals surface area contributed by atoms with Crippen molar-refractivity contribution in [1.82, 2.24) is 0 Å².